The Morgan fingerprint density at radius 1 is 1.05 bits per heavy atom. The fourth-order valence-electron chi connectivity index (χ4n) is 1.76. The second-order valence-corrected chi connectivity index (χ2v) is 4.81. The van der Waals surface area contributed by atoms with Crippen molar-refractivity contribution >= 4 is 12.8 Å². The molecular formula is C12H23N2O7Pt-. The van der Waals surface area contributed by atoms with Gasteiger partial charge in [0.1, 0.15) is 18.3 Å². The quantitative estimate of drug-likeness (QED) is 0.125. The number of rotatable bonds is 6. The molecule has 0 saturated heterocycles. The van der Waals surface area contributed by atoms with E-state index in [9.17, 15) is 9.59 Å². The Morgan fingerprint density at radius 2 is 1.50 bits per heavy atom. The van der Waals surface area contributed by atoms with Gasteiger partial charge in [0.15, 0.2) is 12.6 Å². The minimum atomic E-state index is -2.04. The summed E-state index contributed by atoms with van der Waals surface area (Å²) in [7, 11) is 0. The normalized spacial score (nSPS) is 26.1. The van der Waals surface area contributed by atoms with Crippen LogP contribution < -0.4 is 11.5 Å². The summed E-state index contributed by atoms with van der Waals surface area (Å²) in [5.41, 5.74) is 11.3. The predicted molar refractivity (Wildman–Crippen MR) is 71.3 cm³/mol. The number of carbonyl (C=O) groups excluding carboxylic acids is 2. The van der Waals surface area contributed by atoms with Gasteiger partial charge in [-0.05, 0) is 12.8 Å². The predicted octanol–water partition coefficient (Wildman–Crippen LogP) is -3.12. The van der Waals surface area contributed by atoms with Crippen molar-refractivity contribution < 1.29 is 55.8 Å². The summed E-state index contributed by atoms with van der Waals surface area (Å²) < 4.78 is 3.73. The second-order valence-electron chi connectivity index (χ2n) is 4.81. The minimum Gasteiger partial charge on any atom is -0.630 e. The van der Waals surface area contributed by atoms with E-state index in [1.807, 2.05) is 0 Å². The van der Waals surface area contributed by atoms with Gasteiger partial charge in [0.25, 0.3) is 0 Å². The topological polar surface area (TPSA) is 176 Å². The van der Waals surface area contributed by atoms with Gasteiger partial charge in [-0.15, -0.1) is 0 Å². The van der Waals surface area contributed by atoms with Gasteiger partial charge >= 0.3 is 0 Å². The average molecular weight is 502 g/mol. The fourth-order valence-corrected chi connectivity index (χ4v) is 1.76. The Bertz CT molecular complexity index is 301. The maximum absolute atomic E-state index is 9.91. The molecule has 0 spiro atoms. The molecule has 134 valence electrons. The van der Waals surface area contributed by atoms with Crippen LogP contribution in [0.4, 0.5) is 0 Å². The van der Waals surface area contributed by atoms with Crippen LogP contribution in [0.3, 0.4) is 0 Å². The van der Waals surface area contributed by atoms with E-state index in [1.54, 1.807) is 0 Å². The molecule has 1 aliphatic carbocycles. The van der Waals surface area contributed by atoms with E-state index in [1.165, 1.54) is 12.8 Å². The maximum Gasteiger partial charge on any atom is 0.193 e. The van der Waals surface area contributed by atoms with Crippen LogP contribution in [0, 0.1) is 0 Å². The third-order valence-electron chi connectivity index (χ3n) is 3.18. The van der Waals surface area contributed by atoms with E-state index < -0.39 is 24.6 Å². The molecule has 0 bridgehead atoms. The molecule has 0 aliphatic heterocycles. The first-order valence-electron chi connectivity index (χ1n) is 6.56. The first kappa shape index (κ1) is 23.8. The van der Waals surface area contributed by atoms with Crippen molar-refractivity contribution in [2.45, 2.75) is 62.4 Å². The molecule has 8 N–H and O–H groups in total. The molecule has 0 aromatic carbocycles. The van der Waals surface area contributed by atoms with Gasteiger partial charge in [0, 0.05) is 33.1 Å². The van der Waals surface area contributed by atoms with Crippen LogP contribution in [0.2, 0.25) is 0 Å². The first-order valence-corrected chi connectivity index (χ1v) is 6.56. The molecule has 10 heteroatoms. The van der Waals surface area contributed by atoms with Crippen LogP contribution in [0.1, 0.15) is 25.7 Å². The van der Waals surface area contributed by atoms with Gasteiger partial charge < -0.3 is 46.2 Å². The molecule has 0 heterocycles. The zero-order chi connectivity index (χ0) is 16.4. The van der Waals surface area contributed by atoms with Crippen molar-refractivity contribution in [3.63, 3.8) is 0 Å². The van der Waals surface area contributed by atoms with Gasteiger partial charge in [-0.1, -0.05) is 19.3 Å². The zero-order valence-corrected chi connectivity index (χ0v) is 14.1. The molecule has 6 atom stereocenters. The molecule has 1 aliphatic rings. The van der Waals surface area contributed by atoms with E-state index in [4.69, 9.17) is 31.9 Å². The van der Waals surface area contributed by atoms with Crippen molar-refractivity contribution in [3.8, 4) is 0 Å². The van der Waals surface area contributed by atoms with Crippen molar-refractivity contribution in [3.05, 3.63) is 0 Å². The molecule has 9 nitrogen and oxygen atoms in total. The molecule has 6 unspecified atom stereocenters. The molecule has 0 radical (unpaired) electrons. The molecule has 1 saturated carbocycles. The van der Waals surface area contributed by atoms with Gasteiger partial charge in [-0.25, -0.2) is 0 Å². The van der Waals surface area contributed by atoms with Gasteiger partial charge in [0.05, 0.1) is 0 Å². The summed E-state index contributed by atoms with van der Waals surface area (Å²) in [6.07, 6.45) is -3.04. The van der Waals surface area contributed by atoms with Crippen molar-refractivity contribution in [1.82, 2.24) is 0 Å². The van der Waals surface area contributed by atoms with Crippen LogP contribution in [-0.4, -0.2) is 69.9 Å². The number of nitrogens with two attached hydrogens (primary N) is 2. The average Bonchev–Trinajstić information content (AvgIpc) is 2.48. The summed E-state index contributed by atoms with van der Waals surface area (Å²) in [5.74, 6) is 0. The Balaban J connectivity index is 0. The number of aliphatic hydroxyl groups excluding tert-OH is 4. The number of aliphatic hydroxyl groups is 4. The van der Waals surface area contributed by atoms with Crippen LogP contribution in [-0.2, 0) is 35.4 Å². The molecular weight excluding hydrogens is 479 g/mol. The van der Waals surface area contributed by atoms with E-state index in [0.717, 1.165) is 19.3 Å². The summed E-state index contributed by atoms with van der Waals surface area (Å²) in [4.78, 5) is 19.5. The van der Waals surface area contributed by atoms with Crippen LogP contribution in [0.5, 0.6) is 0 Å². The van der Waals surface area contributed by atoms with Crippen LogP contribution >= 0.6 is 0 Å². The summed E-state index contributed by atoms with van der Waals surface area (Å²) in [6, 6.07) is 0.562. The van der Waals surface area contributed by atoms with Crippen molar-refractivity contribution in [1.29, 1.82) is 0 Å². The van der Waals surface area contributed by atoms with Crippen LogP contribution in [0.15, 0.2) is 0 Å². The number of carbonyl (C=O) groups is 1. The van der Waals surface area contributed by atoms with Gasteiger partial charge in [0.2, 0.25) is 0 Å². The van der Waals surface area contributed by atoms with E-state index >= 15 is 0 Å². The molecule has 1 fully saturated rings. The molecule has 1 rings (SSSR count). The standard InChI is InChI=1S/C6H14N2.C6H9O7.Pt/c7-5-3-1-2-4-6(5)8;7-1-3(9)4(10)5(11)6(12)13-2-8;/h5-6H,1-4,7-8H2;1,3-6,9-12H;/q;-1;. The third kappa shape index (κ3) is 8.89. The largest absolute Gasteiger partial charge is 0.630 e. The molecule has 0 aromatic rings. The van der Waals surface area contributed by atoms with E-state index in [0.29, 0.717) is 0 Å². The van der Waals surface area contributed by atoms with Crippen molar-refractivity contribution in [2.75, 3.05) is 0 Å². The SMILES string of the molecule is NC1CCCCC1N.O=[C-]OC(O)C(O)C(O)C(O)C=O.[Pt]. The minimum absolute atomic E-state index is 0. The maximum atomic E-state index is 9.91. The second kappa shape index (κ2) is 13.1. The van der Waals surface area contributed by atoms with Gasteiger partial charge in [-0.2, -0.15) is 0 Å². The Kier molecular flexibility index (Phi) is 14.2. The third-order valence-corrected chi connectivity index (χ3v) is 3.18. The Morgan fingerprint density at radius 3 is 1.82 bits per heavy atom. The number of hydrogen-bond donors (Lipinski definition) is 6. The zero-order valence-electron chi connectivity index (χ0n) is 11.9. The molecule has 22 heavy (non-hydrogen) atoms. The van der Waals surface area contributed by atoms with E-state index in [-0.39, 0.29) is 39.4 Å². The molecule has 0 amide bonds. The van der Waals surface area contributed by atoms with E-state index in [2.05, 4.69) is 4.74 Å². The number of aldehydes is 1. The summed E-state index contributed by atoms with van der Waals surface area (Å²) >= 11 is 0. The summed E-state index contributed by atoms with van der Waals surface area (Å²) in [6.45, 7) is 0.819. The first-order chi connectivity index (χ1) is 9.84. The summed E-state index contributed by atoms with van der Waals surface area (Å²) in [5, 5.41) is 35.2. The van der Waals surface area contributed by atoms with Crippen molar-refractivity contribution in [2.24, 2.45) is 11.5 Å². The number of hydrogen-bond acceptors (Lipinski definition) is 9. The fraction of sp³-hybridized carbons (Fsp3) is 0.833. The Labute approximate surface area is 142 Å². The monoisotopic (exact) mass is 502 g/mol. The van der Waals surface area contributed by atoms with Gasteiger partial charge in [-0.3, -0.25) is 0 Å². The van der Waals surface area contributed by atoms with Crippen LogP contribution in [0.25, 0.3) is 0 Å². The molecule has 0 aromatic heterocycles. The Hall–Kier alpha value is -0.412. The smallest absolute Gasteiger partial charge is 0.193 e. The number of ether oxygens (including phenoxy) is 1.